The van der Waals surface area contributed by atoms with Crippen LogP contribution in [0.2, 0.25) is 0 Å². The van der Waals surface area contributed by atoms with E-state index in [0.29, 0.717) is 12.8 Å². The Hall–Kier alpha value is -1.13. The van der Waals surface area contributed by atoms with Gasteiger partial charge in [-0.2, -0.15) is 26.3 Å². The molecular formula is C13H12F8N2S. The molecule has 1 aliphatic rings. The minimum Gasteiger partial charge on any atom is -0.227 e. The van der Waals surface area contributed by atoms with E-state index in [2.05, 4.69) is 9.97 Å². The SMILES string of the molecule is CSc1nc2c(c(C(F)(F)C(F)(F)C(F)(F)C(F)F)n1)CCCC2. The molecule has 11 heteroatoms. The summed E-state index contributed by atoms with van der Waals surface area (Å²) in [4.78, 5) is 7.18. The number of fused-ring (bicyclic) bond motifs is 1. The van der Waals surface area contributed by atoms with Gasteiger partial charge in [0.1, 0.15) is 5.69 Å². The third-order valence-corrected chi connectivity index (χ3v) is 4.28. The zero-order chi connectivity index (χ0) is 18.3. The maximum atomic E-state index is 14.2. The molecule has 1 heterocycles. The molecular weight excluding hydrogens is 368 g/mol. The van der Waals surface area contributed by atoms with Crippen LogP contribution in [0.5, 0.6) is 0 Å². The Morgan fingerprint density at radius 1 is 0.958 bits per heavy atom. The van der Waals surface area contributed by atoms with Gasteiger partial charge in [-0.3, -0.25) is 0 Å². The first-order valence-electron chi connectivity index (χ1n) is 6.82. The summed E-state index contributed by atoms with van der Waals surface area (Å²) in [6.45, 7) is 0. The summed E-state index contributed by atoms with van der Waals surface area (Å²) >= 11 is 0.760. The summed E-state index contributed by atoms with van der Waals surface area (Å²) in [5.74, 6) is -18.1. The summed E-state index contributed by atoms with van der Waals surface area (Å²) in [6, 6.07) is 0. The molecule has 0 spiro atoms. The first-order chi connectivity index (χ1) is 11.0. The Kier molecular flexibility index (Phi) is 5.04. The standard InChI is InChI=1S/C13H12F8N2S/c1-24-10-22-7-5-3-2-4-6(7)8(23-10)11(16,17)13(20,21)12(18,19)9(14)15/h9H,2-5H2,1H3. The van der Waals surface area contributed by atoms with Crippen molar-refractivity contribution >= 4 is 11.8 Å². The molecule has 0 fully saturated rings. The Bertz CT molecular complexity index is 620. The van der Waals surface area contributed by atoms with Crippen molar-refractivity contribution in [1.29, 1.82) is 0 Å². The minimum absolute atomic E-state index is 0.0615. The van der Waals surface area contributed by atoms with Gasteiger partial charge in [0.2, 0.25) is 0 Å². The third-order valence-electron chi connectivity index (χ3n) is 3.73. The molecule has 0 N–H and O–H groups in total. The van der Waals surface area contributed by atoms with Crippen LogP contribution < -0.4 is 0 Å². The molecule has 0 aliphatic heterocycles. The lowest BCUT2D eigenvalue weighted by atomic mass is 9.90. The number of aromatic nitrogens is 2. The number of aryl methyl sites for hydroxylation is 1. The van der Waals surface area contributed by atoms with Crippen molar-refractivity contribution in [2.45, 2.75) is 55.0 Å². The molecule has 0 saturated carbocycles. The van der Waals surface area contributed by atoms with Crippen molar-refractivity contribution in [2.75, 3.05) is 6.26 Å². The number of halogens is 8. The summed E-state index contributed by atoms with van der Waals surface area (Å²) < 4.78 is 106. The first kappa shape index (κ1) is 19.2. The van der Waals surface area contributed by atoms with Crippen molar-refractivity contribution in [3.63, 3.8) is 0 Å². The van der Waals surface area contributed by atoms with E-state index in [4.69, 9.17) is 0 Å². The molecule has 0 unspecified atom stereocenters. The maximum absolute atomic E-state index is 14.2. The van der Waals surface area contributed by atoms with Gasteiger partial charge >= 0.3 is 24.2 Å². The topological polar surface area (TPSA) is 25.8 Å². The van der Waals surface area contributed by atoms with Crippen molar-refractivity contribution in [2.24, 2.45) is 0 Å². The molecule has 1 aliphatic carbocycles. The van der Waals surface area contributed by atoms with Gasteiger partial charge in [0.15, 0.2) is 5.16 Å². The zero-order valence-electron chi connectivity index (χ0n) is 12.2. The zero-order valence-corrected chi connectivity index (χ0v) is 13.0. The predicted octanol–water partition coefficient (Wildman–Crippen LogP) is 4.70. The summed E-state index contributed by atoms with van der Waals surface area (Å²) in [7, 11) is 0. The van der Waals surface area contributed by atoms with Gasteiger partial charge in [0, 0.05) is 11.3 Å². The average Bonchev–Trinajstić information content (AvgIpc) is 2.53. The van der Waals surface area contributed by atoms with E-state index in [1.165, 1.54) is 6.26 Å². The van der Waals surface area contributed by atoms with E-state index in [0.717, 1.165) is 11.8 Å². The lowest BCUT2D eigenvalue weighted by Crippen LogP contribution is -2.56. The number of hydrogen-bond donors (Lipinski definition) is 0. The van der Waals surface area contributed by atoms with Crippen molar-refractivity contribution < 1.29 is 35.1 Å². The highest BCUT2D eigenvalue weighted by Gasteiger charge is 2.76. The van der Waals surface area contributed by atoms with Crippen LogP contribution in [0, 0.1) is 0 Å². The lowest BCUT2D eigenvalue weighted by Gasteiger charge is -2.33. The number of thioether (sulfide) groups is 1. The number of alkyl halides is 8. The minimum atomic E-state index is -6.30. The molecule has 0 atom stereocenters. The lowest BCUT2D eigenvalue weighted by molar-refractivity contribution is -0.344. The Balaban J connectivity index is 2.64. The van der Waals surface area contributed by atoms with Gasteiger partial charge in [-0.1, -0.05) is 11.8 Å². The fourth-order valence-electron chi connectivity index (χ4n) is 2.42. The van der Waals surface area contributed by atoms with Crippen LogP contribution >= 0.6 is 11.8 Å². The van der Waals surface area contributed by atoms with Crippen molar-refractivity contribution in [3.8, 4) is 0 Å². The molecule has 1 aromatic heterocycles. The largest absolute Gasteiger partial charge is 0.383 e. The van der Waals surface area contributed by atoms with E-state index in [1.54, 1.807) is 0 Å². The fourth-order valence-corrected chi connectivity index (χ4v) is 2.80. The predicted molar refractivity (Wildman–Crippen MR) is 70.2 cm³/mol. The van der Waals surface area contributed by atoms with Crippen LogP contribution in [0.25, 0.3) is 0 Å². The second-order valence-corrected chi connectivity index (χ2v) is 6.04. The highest BCUT2D eigenvalue weighted by Crippen LogP contribution is 2.54. The van der Waals surface area contributed by atoms with Gasteiger partial charge in [-0.05, 0) is 31.9 Å². The van der Waals surface area contributed by atoms with Crippen LogP contribution in [0.3, 0.4) is 0 Å². The Morgan fingerprint density at radius 3 is 2.08 bits per heavy atom. The molecule has 2 nitrogen and oxygen atoms in total. The van der Waals surface area contributed by atoms with E-state index in [-0.39, 0.29) is 29.3 Å². The molecule has 0 aromatic carbocycles. The van der Waals surface area contributed by atoms with Crippen LogP contribution in [0.1, 0.15) is 29.8 Å². The van der Waals surface area contributed by atoms with Gasteiger partial charge in [0.25, 0.3) is 0 Å². The van der Waals surface area contributed by atoms with Gasteiger partial charge < -0.3 is 0 Å². The highest BCUT2D eigenvalue weighted by molar-refractivity contribution is 7.98. The van der Waals surface area contributed by atoms with E-state index >= 15 is 0 Å². The average molecular weight is 380 g/mol. The van der Waals surface area contributed by atoms with Crippen molar-refractivity contribution in [3.05, 3.63) is 17.0 Å². The Labute approximate surface area is 136 Å². The number of hydrogen-bond acceptors (Lipinski definition) is 3. The molecule has 136 valence electrons. The molecule has 0 saturated heterocycles. The second-order valence-electron chi connectivity index (χ2n) is 5.26. The summed E-state index contributed by atoms with van der Waals surface area (Å²) in [5, 5.41) is -0.304. The third kappa shape index (κ3) is 2.84. The van der Waals surface area contributed by atoms with Crippen LogP contribution in [-0.2, 0) is 18.8 Å². The first-order valence-corrected chi connectivity index (χ1v) is 8.05. The highest BCUT2D eigenvalue weighted by atomic mass is 32.2. The normalized spacial score (nSPS) is 16.4. The quantitative estimate of drug-likeness (QED) is 0.421. The fraction of sp³-hybridized carbons (Fsp3) is 0.692. The van der Waals surface area contributed by atoms with Crippen LogP contribution in [0.15, 0.2) is 5.16 Å². The molecule has 0 bridgehead atoms. The van der Waals surface area contributed by atoms with Gasteiger partial charge in [-0.15, -0.1) is 0 Å². The molecule has 0 radical (unpaired) electrons. The Morgan fingerprint density at radius 2 is 1.54 bits per heavy atom. The monoisotopic (exact) mass is 380 g/mol. The number of nitrogens with zero attached hydrogens (tertiary/aromatic N) is 2. The van der Waals surface area contributed by atoms with E-state index in [1.807, 2.05) is 0 Å². The van der Waals surface area contributed by atoms with Crippen LogP contribution in [-0.4, -0.2) is 34.5 Å². The molecule has 1 aromatic rings. The number of rotatable bonds is 5. The summed E-state index contributed by atoms with van der Waals surface area (Å²) in [5.41, 5.74) is -1.90. The van der Waals surface area contributed by atoms with Gasteiger partial charge in [0.05, 0.1) is 0 Å². The van der Waals surface area contributed by atoms with E-state index in [9.17, 15) is 35.1 Å². The smallest absolute Gasteiger partial charge is 0.227 e. The maximum Gasteiger partial charge on any atom is 0.383 e. The van der Waals surface area contributed by atoms with E-state index < -0.39 is 29.9 Å². The van der Waals surface area contributed by atoms with Gasteiger partial charge in [-0.25, -0.2) is 18.7 Å². The summed E-state index contributed by atoms with van der Waals surface area (Å²) in [6.07, 6.45) is -2.55. The second kappa shape index (κ2) is 6.30. The molecule has 24 heavy (non-hydrogen) atoms. The molecule has 0 amide bonds. The molecule has 2 rings (SSSR count). The van der Waals surface area contributed by atoms with Crippen molar-refractivity contribution in [1.82, 2.24) is 9.97 Å². The van der Waals surface area contributed by atoms with Crippen LogP contribution in [0.4, 0.5) is 35.1 Å².